The van der Waals surface area contributed by atoms with Crippen molar-refractivity contribution in [2.24, 2.45) is 0 Å². The molecule has 0 saturated carbocycles. The number of esters is 3. The van der Waals surface area contributed by atoms with Crippen LogP contribution >= 0.6 is 0 Å². The Morgan fingerprint density at radius 2 is 1.15 bits per heavy atom. The van der Waals surface area contributed by atoms with Gasteiger partial charge in [0, 0.05) is 20.8 Å². The summed E-state index contributed by atoms with van der Waals surface area (Å²) in [5.74, 6) is -1.23. The largest absolute Gasteiger partial charge is 0.497 e. The summed E-state index contributed by atoms with van der Waals surface area (Å²) in [6.45, 7) is 3.53. The van der Waals surface area contributed by atoms with E-state index in [9.17, 15) is 14.4 Å². The maximum absolute atomic E-state index is 12.1. The molecule has 0 aromatic heterocycles. The fraction of sp³-hybridized carbons (Fsp3) is 0.323. The Bertz CT molecular complexity index is 1250. The summed E-state index contributed by atoms with van der Waals surface area (Å²) in [6.07, 6.45) is -4.50. The number of rotatable bonds is 10. The molecule has 4 atom stereocenters. The first-order valence-corrected chi connectivity index (χ1v) is 12.8. The quantitative estimate of drug-likeness (QED) is 0.210. The average molecular weight is 549 g/mol. The highest BCUT2D eigenvalue weighted by Crippen LogP contribution is 2.42. The molecule has 0 amide bonds. The lowest BCUT2D eigenvalue weighted by Gasteiger charge is -2.37. The van der Waals surface area contributed by atoms with Gasteiger partial charge >= 0.3 is 17.9 Å². The van der Waals surface area contributed by atoms with Crippen molar-refractivity contribution in [2.45, 2.75) is 51.0 Å². The third-order valence-corrected chi connectivity index (χ3v) is 6.47. The van der Waals surface area contributed by atoms with E-state index in [0.717, 1.165) is 16.7 Å². The maximum atomic E-state index is 12.1. The van der Waals surface area contributed by atoms with Gasteiger partial charge in [0.1, 0.15) is 17.5 Å². The molecule has 0 spiro atoms. The summed E-state index contributed by atoms with van der Waals surface area (Å²) < 4.78 is 34.4. The number of hydrogen-bond acceptors (Lipinski definition) is 9. The van der Waals surface area contributed by atoms with Gasteiger partial charge < -0.3 is 28.4 Å². The van der Waals surface area contributed by atoms with Crippen molar-refractivity contribution in [1.29, 1.82) is 0 Å². The summed E-state index contributed by atoms with van der Waals surface area (Å²) in [4.78, 5) is 35.7. The third kappa shape index (κ3) is 6.32. The number of ether oxygens (including phenoxy) is 6. The minimum atomic E-state index is -1.29. The van der Waals surface area contributed by atoms with Gasteiger partial charge in [-0.2, -0.15) is 0 Å². The van der Waals surface area contributed by atoms with Crippen LogP contribution in [0.2, 0.25) is 0 Å². The molecule has 0 radical (unpaired) electrons. The number of carbonyl (C=O) groups excluding carboxylic acids is 3. The second-order valence-electron chi connectivity index (χ2n) is 9.25. The van der Waals surface area contributed by atoms with Crippen molar-refractivity contribution in [3.05, 3.63) is 102 Å². The lowest BCUT2D eigenvalue weighted by atomic mass is 9.80. The van der Waals surface area contributed by atoms with Gasteiger partial charge in [0.15, 0.2) is 6.10 Å². The van der Waals surface area contributed by atoms with E-state index in [1.54, 1.807) is 7.11 Å². The number of benzene rings is 3. The van der Waals surface area contributed by atoms with Crippen LogP contribution in [0.3, 0.4) is 0 Å². The standard InChI is InChI=1S/C31H32O9/c1-20(32)37-28-27(40-30(39-22(3)34)29(28)38-21(2)33)19-36-31(23-11-7-5-8-12-23,24-13-9-6-10-14-24)25-15-17-26(35-4)18-16-25/h5-18,27-30H,19H2,1-4H3/t27-,28-,29-,30?/m1/s1. The molecule has 9 heteroatoms. The van der Waals surface area contributed by atoms with Crippen LogP contribution in [-0.4, -0.2) is 56.2 Å². The van der Waals surface area contributed by atoms with Gasteiger partial charge in [-0.3, -0.25) is 14.4 Å². The zero-order valence-electron chi connectivity index (χ0n) is 22.8. The van der Waals surface area contributed by atoms with E-state index in [4.69, 9.17) is 28.4 Å². The molecule has 0 N–H and O–H groups in total. The monoisotopic (exact) mass is 548 g/mol. The van der Waals surface area contributed by atoms with E-state index in [1.165, 1.54) is 20.8 Å². The Kier molecular flexibility index (Phi) is 9.19. The van der Waals surface area contributed by atoms with Crippen molar-refractivity contribution in [3.8, 4) is 5.75 Å². The fourth-order valence-corrected chi connectivity index (χ4v) is 4.86. The molecule has 40 heavy (non-hydrogen) atoms. The Labute approximate surface area is 232 Å². The summed E-state index contributed by atoms with van der Waals surface area (Å²) in [5, 5.41) is 0. The molecule has 0 bridgehead atoms. The third-order valence-electron chi connectivity index (χ3n) is 6.47. The zero-order chi connectivity index (χ0) is 28.7. The normalized spacial score (nSPS) is 20.4. The van der Waals surface area contributed by atoms with Gasteiger partial charge in [-0.1, -0.05) is 72.8 Å². The van der Waals surface area contributed by atoms with Crippen molar-refractivity contribution >= 4 is 17.9 Å². The van der Waals surface area contributed by atoms with Crippen LogP contribution in [0, 0.1) is 0 Å². The van der Waals surface area contributed by atoms with Crippen molar-refractivity contribution in [1.82, 2.24) is 0 Å². The summed E-state index contributed by atoms with van der Waals surface area (Å²) in [5.41, 5.74) is 1.35. The van der Waals surface area contributed by atoms with E-state index in [-0.39, 0.29) is 6.61 Å². The van der Waals surface area contributed by atoms with E-state index in [0.29, 0.717) is 5.75 Å². The lowest BCUT2D eigenvalue weighted by Crippen LogP contribution is -2.43. The van der Waals surface area contributed by atoms with Gasteiger partial charge in [-0.25, -0.2) is 0 Å². The lowest BCUT2D eigenvalue weighted by molar-refractivity contribution is -0.198. The Hall–Kier alpha value is -4.21. The molecule has 210 valence electrons. The van der Waals surface area contributed by atoms with Crippen molar-refractivity contribution in [2.75, 3.05) is 13.7 Å². The van der Waals surface area contributed by atoms with Crippen LogP contribution in [0.25, 0.3) is 0 Å². The molecule has 4 rings (SSSR count). The van der Waals surface area contributed by atoms with Gasteiger partial charge in [0.25, 0.3) is 0 Å². The first kappa shape index (κ1) is 28.8. The minimum absolute atomic E-state index is 0.122. The smallest absolute Gasteiger partial charge is 0.305 e. The van der Waals surface area contributed by atoms with Gasteiger partial charge in [0.2, 0.25) is 12.4 Å². The minimum Gasteiger partial charge on any atom is -0.497 e. The highest BCUT2D eigenvalue weighted by molar-refractivity contribution is 5.68. The van der Waals surface area contributed by atoms with Gasteiger partial charge in [0.05, 0.1) is 13.7 Å². The van der Waals surface area contributed by atoms with E-state index in [1.807, 2.05) is 84.9 Å². The topological polar surface area (TPSA) is 107 Å². The second-order valence-corrected chi connectivity index (χ2v) is 9.25. The van der Waals surface area contributed by atoms with E-state index >= 15 is 0 Å². The van der Waals surface area contributed by atoms with Crippen molar-refractivity contribution in [3.63, 3.8) is 0 Å². The molecule has 1 aliphatic heterocycles. The Morgan fingerprint density at radius 3 is 1.62 bits per heavy atom. The molecule has 1 aliphatic rings. The highest BCUT2D eigenvalue weighted by Gasteiger charge is 2.52. The van der Waals surface area contributed by atoms with Crippen LogP contribution in [0.4, 0.5) is 0 Å². The van der Waals surface area contributed by atoms with Crippen LogP contribution in [-0.2, 0) is 43.7 Å². The predicted molar refractivity (Wildman–Crippen MR) is 143 cm³/mol. The van der Waals surface area contributed by atoms with Crippen LogP contribution < -0.4 is 4.74 Å². The molecule has 1 heterocycles. The summed E-state index contributed by atoms with van der Waals surface area (Å²) in [7, 11) is 1.60. The fourth-order valence-electron chi connectivity index (χ4n) is 4.86. The molecule has 1 saturated heterocycles. The second kappa shape index (κ2) is 12.8. The number of hydrogen-bond donors (Lipinski definition) is 0. The van der Waals surface area contributed by atoms with E-state index < -0.39 is 48.1 Å². The maximum Gasteiger partial charge on any atom is 0.305 e. The first-order chi connectivity index (χ1) is 19.2. The zero-order valence-corrected chi connectivity index (χ0v) is 22.8. The Balaban J connectivity index is 1.79. The number of methoxy groups -OCH3 is 1. The van der Waals surface area contributed by atoms with Crippen LogP contribution in [0.15, 0.2) is 84.9 Å². The molecular formula is C31H32O9. The Morgan fingerprint density at radius 1 is 0.675 bits per heavy atom. The molecule has 0 aliphatic carbocycles. The van der Waals surface area contributed by atoms with Gasteiger partial charge in [-0.05, 0) is 28.8 Å². The van der Waals surface area contributed by atoms with Crippen LogP contribution in [0.5, 0.6) is 5.75 Å². The molecule has 3 aromatic rings. The first-order valence-electron chi connectivity index (χ1n) is 12.8. The SMILES string of the molecule is COc1ccc(C(OC[C@H]2OC(OC(C)=O)[C@H](OC(C)=O)[C@@H]2OC(C)=O)(c2ccccc2)c2ccccc2)cc1. The molecular weight excluding hydrogens is 516 g/mol. The number of carbonyl (C=O) groups is 3. The van der Waals surface area contributed by atoms with Gasteiger partial charge in [-0.15, -0.1) is 0 Å². The summed E-state index contributed by atoms with van der Waals surface area (Å²) in [6, 6.07) is 26.9. The molecule has 1 unspecified atom stereocenters. The van der Waals surface area contributed by atoms with Crippen molar-refractivity contribution < 1.29 is 42.8 Å². The summed E-state index contributed by atoms with van der Waals surface area (Å²) >= 11 is 0. The highest BCUT2D eigenvalue weighted by atomic mass is 16.8. The van der Waals surface area contributed by atoms with E-state index in [2.05, 4.69) is 0 Å². The molecule has 9 nitrogen and oxygen atoms in total. The molecule has 1 fully saturated rings. The predicted octanol–water partition coefficient (Wildman–Crippen LogP) is 4.16. The van der Waals surface area contributed by atoms with Crippen LogP contribution in [0.1, 0.15) is 37.5 Å². The average Bonchev–Trinajstić information content (AvgIpc) is 3.24. The molecule has 3 aromatic carbocycles.